The van der Waals surface area contributed by atoms with E-state index in [1.165, 1.54) is 11.1 Å². The summed E-state index contributed by atoms with van der Waals surface area (Å²) in [6.45, 7) is 6.50. The molecule has 104 valence electrons. The highest BCUT2D eigenvalue weighted by Crippen LogP contribution is 2.44. The number of amides is 1. The second-order valence-electron chi connectivity index (χ2n) is 6.13. The molecule has 2 rings (SSSR count). The van der Waals surface area contributed by atoms with Crippen molar-refractivity contribution in [2.75, 3.05) is 0 Å². The van der Waals surface area contributed by atoms with Crippen molar-refractivity contribution in [3.05, 3.63) is 35.4 Å². The highest BCUT2D eigenvalue weighted by Gasteiger charge is 2.37. The molecule has 19 heavy (non-hydrogen) atoms. The van der Waals surface area contributed by atoms with E-state index >= 15 is 0 Å². The molecule has 0 saturated heterocycles. The first-order valence-corrected chi connectivity index (χ1v) is 7.11. The molecular formula is C16H24N2O. The van der Waals surface area contributed by atoms with Crippen LogP contribution in [0.1, 0.15) is 57.2 Å². The molecule has 1 aromatic rings. The summed E-state index contributed by atoms with van der Waals surface area (Å²) in [4.78, 5) is 12.1. The van der Waals surface area contributed by atoms with E-state index < -0.39 is 0 Å². The highest BCUT2D eigenvalue weighted by molar-refractivity contribution is 5.82. The van der Waals surface area contributed by atoms with Crippen molar-refractivity contribution >= 4 is 5.91 Å². The lowest BCUT2D eigenvalue weighted by Gasteiger charge is -2.20. The Labute approximate surface area is 115 Å². The van der Waals surface area contributed by atoms with Gasteiger partial charge in [0.25, 0.3) is 0 Å². The van der Waals surface area contributed by atoms with Crippen molar-refractivity contribution in [2.24, 2.45) is 5.73 Å². The van der Waals surface area contributed by atoms with Crippen LogP contribution >= 0.6 is 0 Å². The van der Waals surface area contributed by atoms with Gasteiger partial charge in [0, 0.05) is 0 Å². The van der Waals surface area contributed by atoms with Gasteiger partial charge in [-0.05, 0) is 29.4 Å². The van der Waals surface area contributed by atoms with Gasteiger partial charge in [-0.3, -0.25) is 4.79 Å². The van der Waals surface area contributed by atoms with E-state index in [1.807, 2.05) is 13.0 Å². The third-order valence-corrected chi connectivity index (χ3v) is 4.03. The molecular weight excluding hydrogens is 236 g/mol. The van der Waals surface area contributed by atoms with E-state index in [9.17, 15) is 4.79 Å². The fraction of sp³-hybridized carbons (Fsp3) is 0.562. The Morgan fingerprint density at radius 3 is 2.84 bits per heavy atom. The average molecular weight is 260 g/mol. The van der Waals surface area contributed by atoms with Gasteiger partial charge in [-0.1, -0.05) is 51.5 Å². The Kier molecular flexibility index (Phi) is 3.95. The lowest BCUT2D eigenvalue weighted by molar-refractivity contribution is -0.123. The van der Waals surface area contributed by atoms with E-state index in [1.54, 1.807) is 0 Å². The average Bonchev–Trinajstić information content (AvgIpc) is 2.62. The molecule has 2 atom stereocenters. The van der Waals surface area contributed by atoms with Gasteiger partial charge in [-0.25, -0.2) is 0 Å². The molecule has 1 aliphatic carbocycles. The first-order chi connectivity index (χ1) is 8.95. The van der Waals surface area contributed by atoms with E-state index in [0.29, 0.717) is 0 Å². The maximum atomic E-state index is 12.1. The van der Waals surface area contributed by atoms with Gasteiger partial charge in [0.05, 0.1) is 12.1 Å². The fourth-order valence-electron chi connectivity index (χ4n) is 3.00. The van der Waals surface area contributed by atoms with Crippen molar-refractivity contribution in [2.45, 2.75) is 57.5 Å². The molecule has 0 fully saturated rings. The summed E-state index contributed by atoms with van der Waals surface area (Å²) in [5.74, 6) is -0.0284. The first kappa shape index (κ1) is 14.1. The summed E-state index contributed by atoms with van der Waals surface area (Å²) in [7, 11) is 0. The smallest absolute Gasteiger partial charge is 0.237 e. The van der Waals surface area contributed by atoms with Crippen molar-refractivity contribution < 1.29 is 4.79 Å². The van der Waals surface area contributed by atoms with E-state index in [0.717, 1.165) is 19.3 Å². The zero-order valence-electron chi connectivity index (χ0n) is 12.1. The zero-order valence-corrected chi connectivity index (χ0v) is 12.1. The Balaban J connectivity index is 2.14. The predicted octanol–water partition coefficient (Wildman–Crippen LogP) is 2.65. The van der Waals surface area contributed by atoms with E-state index in [4.69, 9.17) is 5.73 Å². The highest BCUT2D eigenvalue weighted by atomic mass is 16.2. The van der Waals surface area contributed by atoms with Crippen LogP contribution in [0.4, 0.5) is 0 Å². The maximum absolute atomic E-state index is 12.1. The monoisotopic (exact) mass is 260 g/mol. The Morgan fingerprint density at radius 1 is 1.47 bits per heavy atom. The van der Waals surface area contributed by atoms with Crippen molar-refractivity contribution in [1.29, 1.82) is 0 Å². The number of nitrogens with one attached hydrogen (secondary N) is 1. The zero-order chi connectivity index (χ0) is 14.0. The molecule has 3 nitrogen and oxygen atoms in total. The summed E-state index contributed by atoms with van der Waals surface area (Å²) in [5, 5.41) is 3.11. The summed E-state index contributed by atoms with van der Waals surface area (Å²) >= 11 is 0. The summed E-state index contributed by atoms with van der Waals surface area (Å²) in [6.07, 6.45) is 2.61. The first-order valence-electron chi connectivity index (χ1n) is 7.11. The number of nitrogens with two attached hydrogens (primary N) is 1. The van der Waals surface area contributed by atoms with Gasteiger partial charge in [-0.2, -0.15) is 0 Å². The molecule has 1 aromatic carbocycles. The molecule has 0 radical (unpaired) electrons. The van der Waals surface area contributed by atoms with E-state index in [2.05, 4.69) is 37.4 Å². The van der Waals surface area contributed by atoms with Crippen molar-refractivity contribution in [1.82, 2.24) is 5.32 Å². The molecule has 0 spiro atoms. The molecule has 0 heterocycles. The van der Waals surface area contributed by atoms with Gasteiger partial charge in [0.1, 0.15) is 0 Å². The SMILES string of the molecule is CCCC(N)C(=O)NC1CC(C)(C)c2ccccc21. The Morgan fingerprint density at radius 2 is 2.16 bits per heavy atom. The number of rotatable bonds is 4. The molecule has 0 bridgehead atoms. The van der Waals surface area contributed by atoms with Gasteiger partial charge < -0.3 is 11.1 Å². The topological polar surface area (TPSA) is 55.1 Å². The molecule has 1 aliphatic rings. The third-order valence-electron chi connectivity index (χ3n) is 4.03. The van der Waals surface area contributed by atoms with Gasteiger partial charge in [0.15, 0.2) is 0 Å². The lowest BCUT2D eigenvalue weighted by Crippen LogP contribution is -2.41. The number of carbonyl (C=O) groups is 1. The Bertz CT molecular complexity index is 468. The van der Waals surface area contributed by atoms with E-state index in [-0.39, 0.29) is 23.4 Å². The maximum Gasteiger partial charge on any atom is 0.237 e. The normalized spacial score (nSPS) is 21.8. The largest absolute Gasteiger partial charge is 0.348 e. The standard InChI is InChI=1S/C16H24N2O/c1-4-7-13(17)15(19)18-14-10-16(2,3)12-9-6-5-8-11(12)14/h5-6,8-9,13-14H,4,7,10,17H2,1-3H3,(H,18,19). The number of fused-ring (bicyclic) bond motifs is 1. The number of hydrogen-bond acceptors (Lipinski definition) is 2. The van der Waals surface area contributed by atoms with Crippen LogP contribution in [-0.2, 0) is 10.2 Å². The second-order valence-corrected chi connectivity index (χ2v) is 6.13. The molecule has 3 N–H and O–H groups in total. The quantitative estimate of drug-likeness (QED) is 0.874. The van der Waals surface area contributed by atoms with Crippen LogP contribution in [0.15, 0.2) is 24.3 Å². The number of benzene rings is 1. The number of carbonyl (C=O) groups excluding carboxylic acids is 1. The summed E-state index contributed by atoms with van der Waals surface area (Å²) in [5.41, 5.74) is 8.57. The third kappa shape index (κ3) is 2.81. The lowest BCUT2D eigenvalue weighted by atomic mass is 9.86. The fourth-order valence-corrected chi connectivity index (χ4v) is 3.00. The Hall–Kier alpha value is -1.35. The van der Waals surface area contributed by atoms with Crippen molar-refractivity contribution in [3.8, 4) is 0 Å². The second kappa shape index (κ2) is 5.33. The molecule has 0 aromatic heterocycles. The van der Waals surface area contributed by atoms with Crippen molar-refractivity contribution in [3.63, 3.8) is 0 Å². The van der Waals surface area contributed by atoms with Gasteiger partial charge in [0.2, 0.25) is 5.91 Å². The van der Waals surface area contributed by atoms with Crippen LogP contribution in [0.3, 0.4) is 0 Å². The predicted molar refractivity (Wildman–Crippen MR) is 77.9 cm³/mol. The van der Waals surface area contributed by atoms with Crippen LogP contribution in [0, 0.1) is 0 Å². The molecule has 3 heteroatoms. The van der Waals surface area contributed by atoms with Gasteiger partial charge in [-0.15, -0.1) is 0 Å². The summed E-state index contributed by atoms with van der Waals surface area (Å²) in [6, 6.07) is 8.08. The summed E-state index contributed by atoms with van der Waals surface area (Å²) < 4.78 is 0. The molecule has 1 amide bonds. The minimum atomic E-state index is -0.388. The van der Waals surface area contributed by atoms with Crippen LogP contribution in [0.2, 0.25) is 0 Å². The van der Waals surface area contributed by atoms with Crippen LogP contribution in [0.5, 0.6) is 0 Å². The number of hydrogen-bond donors (Lipinski definition) is 2. The molecule has 0 aliphatic heterocycles. The van der Waals surface area contributed by atoms with Crippen LogP contribution in [-0.4, -0.2) is 11.9 Å². The molecule has 0 saturated carbocycles. The van der Waals surface area contributed by atoms with Crippen LogP contribution in [0.25, 0.3) is 0 Å². The van der Waals surface area contributed by atoms with Crippen LogP contribution < -0.4 is 11.1 Å². The molecule has 2 unspecified atom stereocenters. The van der Waals surface area contributed by atoms with Gasteiger partial charge >= 0.3 is 0 Å². The minimum Gasteiger partial charge on any atom is -0.348 e. The minimum absolute atomic E-state index is 0.0284.